The van der Waals surface area contributed by atoms with Crippen molar-refractivity contribution in [1.82, 2.24) is 4.90 Å². The van der Waals surface area contributed by atoms with E-state index in [2.05, 4.69) is 5.32 Å². The number of halogens is 4. The number of hydrogen-bond acceptors (Lipinski definition) is 3. The number of hydrogen-bond donors (Lipinski definition) is 2. The average molecular weight is 394 g/mol. The zero-order chi connectivity index (χ0) is 18.6. The fourth-order valence-corrected chi connectivity index (χ4v) is 2.98. The summed E-state index contributed by atoms with van der Waals surface area (Å²) in [4.78, 5) is 26.1. The third-order valence-corrected chi connectivity index (χ3v) is 4.25. The predicted molar refractivity (Wildman–Crippen MR) is 94.9 cm³/mol. The zero-order valence-corrected chi connectivity index (χ0v) is 15.3. The molecule has 0 radical (unpaired) electrons. The Morgan fingerprint density at radius 1 is 1.27 bits per heavy atom. The maximum atomic E-state index is 13.0. The van der Waals surface area contributed by atoms with Crippen molar-refractivity contribution in [2.24, 2.45) is 5.73 Å². The van der Waals surface area contributed by atoms with Crippen LogP contribution in [0.15, 0.2) is 18.2 Å². The molecule has 1 fully saturated rings. The first kappa shape index (κ1) is 22.2. The molecule has 3 N–H and O–H groups in total. The van der Waals surface area contributed by atoms with Gasteiger partial charge in [-0.15, -0.1) is 12.4 Å². The second-order valence-electron chi connectivity index (χ2n) is 6.06. The predicted octanol–water partition coefficient (Wildman–Crippen LogP) is 3.32. The summed E-state index contributed by atoms with van der Waals surface area (Å²) in [5.41, 5.74) is 4.90. The molecule has 1 aromatic rings. The molecule has 0 aliphatic carbocycles. The maximum Gasteiger partial charge on any atom is 0.416 e. The van der Waals surface area contributed by atoms with Crippen molar-refractivity contribution < 1.29 is 22.8 Å². The van der Waals surface area contributed by atoms with E-state index in [0.717, 1.165) is 25.0 Å². The van der Waals surface area contributed by atoms with Crippen LogP contribution >= 0.6 is 12.4 Å². The van der Waals surface area contributed by atoms with Crippen LogP contribution in [0.1, 0.15) is 43.7 Å². The summed E-state index contributed by atoms with van der Waals surface area (Å²) in [5.74, 6) is -0.602. The number of piperidine rings is 1. The van der Waals surface area contributed by atoms with E-state index < -0.39 is 23.7 Å². The van der Waals surface area contributed by atoms with Crippen LogP contribution in [0.3, 0.4) is 0 Å². The minimum atomic E-state index is -4.53. The van der Waals surface area contributed by atoms with Gasteiger partial charge >= 0.3 is 6.18 Å². The number of nitrogens with one attached hydrogen (secondary N) is 1. The van der Waals surface area contributed by atoms with Crippen LogP contribution in [0.2, 0.25) is 0 Å². The molecule has 26 heavy (non-hydrogen) atoms. The number of likely N-dealkylation sites (tertiary alicyclic amines) is 1. The van der Waals surface area contributed by atoms with Crippen molar-refractivity contribution in [2.75, 3.05) is 11.9 Å². The Hall–Kier alpha value is -1.80. The highest BCUT2D eigenvalue weighted by Gasteiger charge is 2.33. The molecule has 1 aliphatic heterocycles. The van der Waals surface area contributed by atoms with E-state index in [1.165, 1.54) is 11.0 Å². The molecule has 1 aromatic carbocycles. The smallest absolute Gasteiger partial charge is 0.331 e. The van der Waals surface area contributed by atoms with Crippen LogP contribution in [-0.4, -0.2) is 29.3 Å². The van der Waals surface area contributed by atoms with Crippen LogP contribution in [0, 0.1) is 0 Å². The normalized spacial score (nSPS) is 17.4. The van der Waals surface area contributed by atoms with Gasteiger partial charge < -0.3 is 16.0 Å². The van der Waals surface area contributed by atoms with Crippen molar-refractivity contribution in [3.05, 3.63) is 29.3 Å². The monoisotopic (exact) mass is 393 g/mol. The average Bonchev–Trinajstić information content (AvgIpc) is 2.59. The summed E-state index contributed by atoms with van der Waals surface area (Å²) in [7, 11) is 0. The molecule has 2 rings (SSSR count). The number of anilines is 1. The van der Waals surface area contributed by atoms with Crippen molar-refractivity contribution in [3.8, 4) is 0 Å². The Labute approximate surface area is 156 Å². The van der Waals surface area contributed by atoms with Gasteiger partial charge in [0.05, 0.1) is 5.56 Å². The number of carbonyl (C=O) groups excluding carboxylic acids is 2. The van der Waals surface area contributed by atoms with E-state index >= 15 is 0 Å². The molecule has 9 heteroatoms. The van der Waals surface area contributed by atoms with Gasteiger partial charge in [-0.25, -0.2) is 0 Å². The number of carbonyl (C=O) groups is 2. The fraction of sp³-hybridized carbons (Fsp3) is 0.529. The highest BCUT2D eigenvalue weighted by Crippen LogP contribution is 2.32. The number of nitrogens with zero attached hydrogens (tertiary/aromatic N) is 1. The molecule has 2 amide bonds. The molecule has 0 spiro atoms. The first-order valence-electron chi connectivity index (χ1n) is 8.27. The summed E-state index contributed by atoms with van der Waals surface area (Å²) in [6.45, 7) is 2.13. The van der Waals surface area contributed by atoms with E-state index in [0.29, 0.717) is 13.0 Å². The third-order valence-electron chi connectivity index (χ3n) is 4.25. The van der Waals surface area contributed by atoms with Crippen molar-refractivity contribution >= 4 is 29.9 Å². The number of alkyl halides is 3. The molecule has 0 saturated carbocycles. The number of rotatable bonds is 4. The maximum absolute atomic E-state index is 13.0. The highest BCUT2D eigenvalue weighted by molar-refractivity contribution is 5.97. The van der Waals surface area contributed by atoms with Crippen LogP contribution in [-0.2, 0) is 22.3 Å². The number of amides is 2. The summed E-state index contributed by atoms with van der Waals surface area (Å²) >= 11 is 0. The van der Waals surface area contributed by atoms with Gasteiger partial charge in [0, 0.05) is 25.2 Å². The molecule has 5 nitrogen and oxygen atoms in total. The molecule has 1 saturated heterocycles. The summed E-state index contributed by atoms with van der Waals surface area (Å²) in [5, 5.41) is 2.52. The standard InChI is InChI=1S/C17H22F3N3O2.ClH/c1-2-15(24)23-6-4-3-5-14(23)16(25)22-13-8-11(10-21)7-12(9-13)17(18,19)20;/h7-9,14H,2-6,10,21H2,1H3,(H,22,25);1H. The van der Waals surface area contributed by atoms with Crippen LogP contribution < -0.4 is 11.1 Å². The zero-order valence-electron chi connectivity index (χ0n) is 14.4. The first-order valence-corrected chi connectivity index (χ1v) is 8.27. The number of benzene rings is 1. The highest BCUT2D eigenvalue weighted by atomic mass is 35.5. The lowest BCUT2D eigenvalue weighted by molar-refractivity contribution is -0.140. The summed E-state index contributed by atoms with van der Waals surface area (Å²) in [6.07, 6.45) is -2.14. The number of nitrogens with two attached hydrogens (primary N) is 1. The van der Waals surface area contributed by atoms with Gasteiger partial charge in [0.2, 0.25) is 11.8 Å². The van der Waals surface area contributed by atoms with Crippen LogP contribution in [0.4, 0.5) is 18.9 Å². The lowest BCUT2D eigenvalue weighted by Gasteiger charge is -2.34. The van der Waals surface area contributed by atoms with E-state index in [9.17, 15) is 22.8 Å². The Bertz CT molecular complexity index is 653. The van der Waals surface area contributed by atoms with E-state index in [1.807, 2.05) is 0 Å². The van der Waals surface area contributed by atoms with E-state index in [4.69, 9.17) is 5.73 Å². The molecular formula is C17H23ClF3N3O2. The topological polar surface area (TPSA) is 75.4 Å². The third kappa shape index (κ3) is 5.35. The second kappa shape index (κ2) is 9.23. The van der Waals surface area contributed by atoms with Crippen molar-refractivity contribution in [3.63, 3.8) is 0 Å². The molecule has 1 unspecified atom stereocenters. The van der Waals surface area contributed by atoms with E-state index in [1.54, 1.807) is 6.92 Å². The molecule has 1 atom stereocenters. The van der Waals surface area contributed by atoms with Gasteiger partial charge in [-0.3, -0.25) is 9.59 Å². The van der Waals surface area contributed by atoms with Crippen molar-refractivity contribution in [1.29, 1.82) is 0 Å². The molecule has 1 aliphatic rings. The molecule has 1 heterocycles. The van der Waals surface area contributed by atoms with Crippen LogP contribution in [0.25, 0.3) is 0 Å². The second-order valence-corrected chi connectivity index (χ2v) is 6.06. The van der Waals surface area contributed by atoms with Gasteiger partial charge in [-0.1, -0.05) is 6.92 Å². The van der Waals surface area contributed by atoms with Gasteiger partial charge in [0.1, 0.15) is 6.04 Å². The Morgan fingerprint density at radius 3 is 2.54 bits per heavy atom. The van der Waals surface area contributed by atoms with Crippen molar-refractivity contribution in [2.45, 2.75) is 51.4 Å². The molecule has 0 bridgehead atoms. The largest absolute Gasteiger partial charge is 0.416 e. The lowest BCUT2D eigenvalue weighted by atomic mass is 10.0. The lowest BCUT2D eigenvalue weighted by Crippen LogP contribution is -2.49. The molecular weight excluding hydrogens is 371 g/mol. The van der Waals surface area contributed by atoms with Gasteiger partial charge in [0.25, 0.3) is 0 Å². The van der Waals surface area contributed by atoms with Gasteiger partial charge in [0.15, 0.2) is 0 Å². The summed E-state index contributed by atoms with van der Waals surface area (Å²) in [6, 6.07) is 2.61. The molecule has 0 aromatic heterocycles. The Morgan fingerprint density at radius 2 is 1.96 bits per heavy atom. The summed E-state index contributed by atoms with van der Waals surface area (Å²) < 4.78 is 39.0. The SMILES string of the molecule is CCC(=O)N1CCCCC1C(=O)Nc1cc(CN)cc(C(F)(F)F)c1.Cl. The Kier molecular flexibility index (Phi) is 7.89. The van der Waals surface area contributed by atoms with Crippen LogP contribution in [0.5, 0.6) is 0 Å². The van der Waals surface area contributed by atoms with Gasteiger partial charge in [-0.2, -0.15) is 13.2 Å². The minimum absolute atomic E-state index is 0. The molecule has 146 valence electrons. The first-order chi connectivity index (χ1) is 11.8. The van der Waals surface area contributed by atoms with Gasteiger partial charge in [-0.05, 0) is 43.0 Å². The fourth-order valence-electron chi connectivity index (χ4n) is 2.98. The Balaban J connectivity index is 0.00000338. The quantitative estimate of drug-likeness (QED) is 0.824. The van der Waals surface area contributed by atoms with E-state index in [-0.39, 0.29) is 42.5 Å². The minimum Gasteiger partial charge on any atom is -0.331 e.